The van der Waals surface area contributed by atoms with Crippen molar-refractivity contribution in [3.63, 3.8) is 0 Å². The van der Waals surface area contributed by atoms with Crippen molar-refractivity contribution in [2.75, 3.05) is 0 Å². The van der Waals surface area contributed by atoms with Crippen molar-refractivity contribution in [2.24, 2.45) is 0 Å². The second-order valence-electron chi connectivity index (χ2n) is 5.36. The molecule has 22 heavy (non-hydrogen) atoms. The maximum atomic E-state index is 12.7. The highest BCUT2D eigenvalue weighted by molar-refractivity contribution is 6.10. The number of aromatic nitrogens is 5. The molecule has 110 valence electrons. The predicted octanol–water partition coefficient (Wildman–Crippen LogP) is 2.07. The van der Waals surface area contributed by atoms with E-state index in [1.54, 1.807) is 36.1 Å². The van der Waals surface area contributed by atoms with Gasteiger partial charge in [-0.3, -0.25) is 4.79 Å². The van der Waals surface area contributed by atoms with Crippen molar-refractivity contribution < 1.29 is 9.32 Å². The number of aryl methyl sites for hydroxylation is 1. The Morgan fingerprint density at radius 3 is 2.86 bits per heavy atom. The molecular formula is C15H13N5O2. The van der Waals surface area contributed by atoms with Crippen LogP contribution in [0, 0.1) is 6.92 Å². The topological polar surface area (TPSA) is 86.7 Å². The molecule has 7 nitrogen and oxygen atoms in total. The molecule has 7 heteroatoms. The van der Waals surface area contributed by atoms with Crippen molar-refractivity contribution in [3.8, 4) is 5.82 Å². The van der Waals surface area contributed by atoms with E-state index in [9.17, 15) is 4.79 Å². The van der Waals surface area contributed by atoms with Crippen molar-refractivity contribution in [1.82, 2.24) is 25.1 Å². The first-order valence-corrected chi connectivity index (χ1v) is 7.07. The van der Waals surface area contributed by atoms with E-state index in [-0.39, 0.29) is 5.78 Å². The fourth-order valence-corrected chi connectivity index (χ4v) is 2.45. The van der Waals surface area contributed by atoms with Crippen LogP contribution < -0.4 is 0 Å². The highest BCUT2D eigenvalue weighted by Gasteiger charge is 2.33. The summed E-state index contributed by atoms with van der Waals surface area (Å²) in [5.74, 6) is 1.56. The molecule has 1 aliphatic rings. The lowest BCUT2D eigenvalue weighted by molar-refractivity contribution is 0.103. The molecule has 4 rings (SSSR count). The number of nitrogens with zero attached hydrogens (tertiary/aromatic N) is 5. The lowest BCUT2D eigenvalue weighted by Crippen LogP contribution is -2.08. The maximum Gasteiger partial charge on any atom is 0.200 e. The van der Waals surface area contributed by atoms with Crippen LogP contribution in [0.2, 0.25) is 0 Å². The Balaban J connectivity index is 1.70. The van der Waals surface area contributed by atoms with E-state index in [0.717, 1.165) is 12.8 Å². The molecule has 3 heterocycles. The summed E-state index contributed by atoms with van der Waals surface area (Å²) >= 11 is 0. The van der Waals surface area contributed by atoms with Gasteiger partial charge < -0.3 is 4.52 Å². The number of hydrogen-bond donors (Lipinski definition) is 0. The summed E-state index contributed by atoms with van der Waals surface area (Å²) in [7, 11) is 0. The molecule has 3 aromatic rings. The summed E-state index contributed by atoms with van der Waals surface area (Å²) < 4.78 is 6.79. The van der Waals surface area contributed by atoms with Crippen molar-refractivity contribution in [2.45, 2.75) is 25.7 Å². The Kier molecular flexibility index (Phi) is 2.85. The number of rotatable bonds is 4. The van der Waals surface area contributed by atoms with Gasteiger partial charge >= 0.3 is 0 Å². The lowest BCUT2D eigenvalue weighted by Gasteiger charge is -2.06. The summed E-state index contributed by atoms with van der Waals surface area (Å²) in [4.78, 5) is 17.1. The van der Waals surface area contributed by atoms with E-state index in [1.807, 2.05) is 0 Å². The van der Waals surface area contributed by atoms with E-state index in [1.165, 1.54) is 6.20 Å². The second-order valence-corrected chi connectivity index (χ2v) is 5.36. The van der Waals surface area contributed by atoms with Crippen LogP contribution in [0.3, 0.4) is 0 Å². The molecule has 0 radical (unpaired) electrons. The fourth-order valence-electron chi connectivity index (χ4n) is 2.45. The smallest absolute Gasteiger partial charge is 0.200 e. The summed E-state index contributed by atoms with van der Waals surface area (Å²) in [6, 6.07) is 3.50. The van der Waals surface area contributed by atoms with Gasteiger partial charge in [0.15, 0.2) is 17.4 Å². The first-order chi connectivity index (χ1) is 10.7. The average molecular weight is 295 g/mol. The van der Waals surface area contributed by atoms with E-state index in [4.69, 9.17) is 4.52 Å². The normalized spacial score (nSPS) is 14.2. The fraction of sp³-hybridized carbons (Fsp3) is 0.267. The minimum atomic E-state index is -0.0988. The van der Waals surface area contributed by atoms with Crippen LogP contribution >= 0.6 is 0 Å². The third-order valence-corrected chi connectivity index (χ3v) is 3.76. The standard InChI is InChI=1S/C15H13N5O2/c1-9-11(4-5-13(18-9)20-7-6-16-19-20)14(21)12-8-17-22-15(12)10-2-3-10/h4-8,10H,2-3H2,1H3. The molecule has 0 N–H and O–H groups in total. The van der Waals surface area contributed by atoms with E-state index >= 15 is 0 Å². The van der Waals surface area contributed by atoms with Gasteiger partial charge in [-0.15, -0.1) is 5.10 Å². The SMILES string of the molecule is Cc1nc(-n2ccnn2)ccc1C(=O)c1cnoc1C1CC1. The average Bonchev–Trinajstić information content (AvgIpc) is 3.05. The first kappa shape index (κ1) is 12.9. The zero-order valence-corrected chi connectivity index (χ0v) is 11.9. The summed E-state index contributed by atoms with van der Waals surface area (Å²) in [6.07, 6.45) is 6.89. The van der Waals surface area contributed by atoms with Gasteiger partial charge in [0.25, 0.3) is 0 Å². The van der Waals surface area contributed by atoms with Crippen LogP contribution in [0.15, 0.2) is 35.2 Å². The molecule has 0 spiro atoms. The van der Waals surface area contributed by atoms with Crippen LogP contribution in [0.5, 0.6) is 0 Å². The molecule has 0 aliphatic heterocycles. The van der Waals surface area contributed by atoms with Gasteiger partial charge in [-0.25, -0.2) is 9.67 Å². The van der Waals surface area contributed by atoms with Crippen LogP contribution in [-0.4, -0.2) is 30.9 Å². The number of carbonyl (C=O) groups excluding carboxylic acids is 1. The number of hydrogen-bond acceptors (Lipinski definition) is 6. The highest BCUT2D eigenvalue weighted by Crippen LogP contribution is 2.42. The van der Waals surface area contributed by atoms with E-state index in [2.05, 4.69) is 20.5 Å². The monoisotopic (exact) mass is 295 g/mol. The molecular weight excluding hydrogens is 282 g/mol. The zero-order valence-electron chi connectivity index (χ0n) is 11.9. The van der Waals surface area contributed by atoms with Gasteiger partial charge in [-0.2, -0.15) is 0 Å². The lowest BCUT2D eigenvalue weighted by atomic mass is 10.0. The van der Waals surface area contributed by atoms with Crippen molar-refractivity contribution in [1.29, 1.82) is 0 Å². The Morgan fingerprint density at radius 1 is 1.32 bits per heavy atom. The zero-order chi connectivity index (χ0) is 15.1. The van der Waals surface area contributed by atoms with E-state index in [0.29, 0.717) is 34.3 Å². The number of carbonyl (C=O) groups is 1. The third kappa shape index (κ3) is 2.11. The summed E-state index contributed by atoms with van der Waals surface area (Å²) in [5.41, 5.74) is 1.73. The summed E-state index contributed by atoms with van der Waals surface area (Å²) in [6.45, 7) is 1.80. The van der Waals surface area contributed by atoms with Gasteiger partial charge in [-0.05, 0) is 31.9 Å². The Labute approximate surface area is 126 Å². The van der Waals surface area contributed by atoms with Crippen molar-refractivity contribution in [3.05, 3.63) is 53.3 Å². The molecule has 0 amide bonds. The second kappa shape index (κ2) is 4.87. The molecule has 1 saturated carbocycles. The van der Waals surface area contributed by atoms with Gasteiger partial charge in [-0.1, -0.05) is 10.4 Å². The van der Waals surface area contributed by atoms with Gasteiger partial charge in [0.05, 0.1) is 29.8 Å². The third-order valence-electron chi connectivity index (χ3n) is 3.76. The van der Waals surface area contributed by atoms with Gasteiger partial charge in [0, 0.05) is 11.5 Å². The van der Waals surface area contributed by atoms with Gasteiger partial charge in [0.1, 0.15) is 0 Å². The molecule has 1 aliphatic carbocycles. The Bertz CT molecular complexity index is 834. The molecule has 0 unspecified atom stereocenters. The van der Waals surface area contributed by atoms with Crippen LogP contribution in [0.25, 0.3) is 5.82 Å². The first-order valence-electron chi connectivity index (χ1n) is 7.07. The molecule has 3 aromatic heterocycles. The molecule has 0 bridgehead atoms. The minimum Gasteiger partial charge on any atom is -0.360 e. The largest absolute Gasteiger partial charge is 0.360 e. The maximum absolute atomic E-state index is 12.7. The van der Waals surface area contributed by atoms with Crippen LogP contribution in [0.4, 0.5) is 0 Å². The number of pyridine rings is 1. The minimum absolute atomic E-state index is 0.0988. The molecule has 0 atom stereocenters. The highest BCUT2D eigenvalue weighted by atomic mass is 16.5. The van der Waals surface area contributed by atoms with Crippen LogP contribution in [-0.2, 0) is 0 Å². The summed E-state index contributed by atoms with van der Waals surface area (Å²) in [5, 5.41) is 11.4. The van der Waals surface area contributed by atoms with Gasteiger partial charge in [0.2, 0.25) is 0 Å². The quantitative estimate of drug-likeness (QED) is 0.685. The molecule has 1 fully saturated rings. The van der Waals surface area contributed by atoms with Crippen LogP contribution in [0.1, 0.15) is 46.1 Å². The Hall–Kier alpha value is -2.83. The molecule has 0 saturated heterocycles. The van der Waals surface area contributed by atoms with E-state index < -0.39 is 0 Å². The van der Waals surface area contributed by atoms with Crippen molar-refractivity contribution >= 4 is 5.78 Å². The number of ketones is 1. The Morgan fingerprint density at radius 2 is 2.18 bits per heavy atom. The predicted molar refractivity (Wildman–Crippen MR) is 75.8 cm³/mol. The molecule has 0 aromatic carbocycles.